The average Bonchev–Trinajstić information content (AvgIpc) is 3.56. The van der Waals surface area contributed by atoms with E-state index in [4.69, 9.17) is 21.7 Å². The molecule has 1 aliphatic rings. The van der Waals surface area contributed by atoms with Gasteiger partial charge in [-0.1, -0.05) is 35.9 Å². The summed E-state index contributed by atoms with van der Waals surface area (Å²) in [6, 6.07) is 11.7. The van der Waals surface area contributed by atoms with Crippen LogP contribution in [0.2, 0.25) is 5.02 Å². The first-order valence-corrected chi connectivity index (χ1v) is 10.8. The van der Waals surface area contributed by atoms with E-state index in [9.17, 15) is 19.4 Å². The lowest BCUT2D eigenvalue weighted by molar-refractivity contribution is -0.139. The quantitative estimate of drug-likeness (QED) is 0.436. The molecule has 1 fully saturated rings. The van der Waals surface area contributed by atoms with Crippen LogP contribution in [0.3, 0.4) is 0 Å². The highest BCUT2D eigenvalue weighted by Crippen LogP contribution is 2.45. The van der Waals surface area contributed by atoms with Gasteiger partial charge in [-0.05, 0) is 48.7 Å². The van der Waals surface area contributed by atoms with Crippen LogP contribution in [0.25, 0.3) is 28.1 Å². The van der Waals surface area contributed by atoms with E-state index < -0.39 is 24.6 Å². The zero-order chi connectivity index (χ0) is 22.8. The van der Waals surface area contributed by atoms with Crippen LogP contribution in [-0.4, -0.2) is 38.5 Å². The Kier molecular flexibility index (Phi) is 6.55. The predicted molar refractivity (Wildman–Crippen MR) is 122 cm³/mol. The maximum absolute atomic E-state index is 13.6. The first kappa shape index (κ1) is 22.4. The van der Waals surface area contributed by atoms with Crippen LogP contribution in [0.1, 0.15) is 42.9 Å². The monoisotopic (exact) mass is 455 g/mol. The zero-order valence-corrected chi connectivity index (χ0v) is 18.0. The molecule has 166 valence electrons. The van der Waals surface area contributed by atoms with Gasteiger partial charge < -0.3 is 15.3 Å². The van der Waals surface area contributed by atoms with Crippen LogP contribution >= 0.6 is 11.6 Å². The molecule has 1 saturated carbocycles. The summed E-state index contributed by atoms with van der Waals surface area (Å²) >= 11 is 6.28. The summed E-state index contributed by atoms with van der Waals surface area (Å²) in [5.74, 6) is -1.17. The fourth-order valence-corrected chi connectivity index (χ4v) is 4.06. The molecule has 2 atom stereocenters. The smallest absolute Gasteiger partial charge is 0.305 e. The molecule has 0 saturated heterocycles. The van der Waals surface area contributed by atoms with Gasteiger partial charge in [-0.2, -0.15) is 0 Å². The van der Waals surface area contributed by atoms with Crippen LogP contribution < -0.4 is 0 Å². The number of carboxylic acid groups (broad SMARTS) is 1. The highest BCUT2D eigenvalue weighted by atomic mass is 35.5. The summed E-state index contributed by atoms with van der Waals surface area (Å²) < 4.78 is 13.6. The van der Waals surface area contributed by atoms with Crippen molar-refractivity contribution >= 4 is 34.5 Å². The normalized spacial score (nSPS) is 15.9. The van der Waals surface area contributed by atoms with E-state index >= 15 is 0 Å². The first-order valence-electron chi connectivity index (χ1n) is 10.5. The zero-order valence-electron chi connectivity index (χ0n) is 17.2. The lowest BCUT2D eigenvalue weighted by Crippen LogP contribution is -2.19. The number of aliphatic hydroxyl groups excluding tert-OH is 2. The minimum atomic E-state index is -1.15. The number of fused-ring (bicyclic) bond motifs is 1. The number of carboxylic acids is 1. The molecular formula is C25H23ClFNO4. The Morgan fingerprint density at radius 3 is 2.56 bits per heavy atom. The largest absolute Gasteiger partial charge is 0.481 e. The maximum atomic E-state index is 13.6. The van der Waals surface area contributed by atoms with Crippen LogP contribution in [-0.2, 0) is 4.79 Å². The number of aliphatic carboxylic acids is 1. The molecule has 1 aromatic heterocycles. The minimum absolute atomic E-state index is 0.0969. The number of carbonyl (C=O) groups is 1. The van der Waals surface area contributed by atoms with E-state index in [1.807, 2.05) is 12.1 Å². The van der Waals surface area contributed by atoms with Crippen LogP contribution in [0.15, 0.2) is 48.5 Å². The Morgan fingerprint density at radius 1 is 1.19 bits per heavy atom. The SMILES string of the molecule is O=C(O)CC(O)CC(O)C=Cc1c(C2CC2)nc2ccc(Cl)cc2c1-c1ccc(F)cc1. The van der Waals surface area contributed by atoms with Crippen molar-refractivity contribution in [2.75, 3.05) is 0 Å². The molecule has 0 amide bonds. The van der Waals surface area contributed by atoms with Gasteiger partial charge >= 0.3 is 5.97 Å². The standard InChI is InChI=1S/C25H23ClFNO4/c26-16-5-10-22-21(11-16)24(14-3-6-17(27)7-4-14)20(25(28-22)15-1-2-15)9-8-18(29)12-19(30)13-23(31)32/h3-11,15,18-19,29-30H,1-2,12-13H2,(H,31,32). The number of rotatable bonds is 8. The molecule has 0 radical (unpaired) electrons. The molecule has 1 aliphatic carbocycles. The summed E-state index contributed by atoms with van der Waals surface area (Å²) in [5.41, 5.74) is 4.12. The van der Waals surface area contributed by atoms with Crippen LogP contribution in [0.4, 0.5) is 4.39 Å². The Hall–Kier alpha value is -2.80. The second kappa shape index (κ2) is 9.36. The van der Waals surface area contributed by atoms with Gasteiger partial charge in [0.1, 0.15) is 5.82 Å². The van der Waals surface area contributed by atoms with Crippen LogP contribution in [0.5, 0.6) is 0 Å². The maximum Gasteiger partial charge on any atom is 0.305 e. The van der Waals surface area contributed by atoms with E-state index in [-0.39, 0.29) is 12.2 Å². The summed E-state index contributed by atoms with van der Waals surface area (Å²) in [5, 5.41) is 30.4. The number of hydrogen-bond donors (Lipinski definition) is 3. The molecule has 3 aromatic rings. The van der Waals surface area contributed by atoms with Crippen molar-refractivity contribution in [1.82, 2.24) is 4.98 Å². The van der Waals surface area contributed by atoms with Crippen LogP contribution in [0, 0.1) is 5.82 Å². The van der Waals surface area contributed by atoms with Crippen molar-refractivity contribution in [3.05, 3.63) is 70.6 Å². The third kappa shape index (κ3) is 5.15. The average molecular weight is 456 g/mol. The molecule has 2 unspecified atom stereocenters. The summed E-state index contributed by atoms with van der Waals surface area (Å²) in [7, 11) is 0. The van der Waals surface area contributed by atoms with Gasteiger partial charge in [0.2, 0.25) is 0 Å². The van der Waals surface area contributed by atoms with Gasteiger partial charge in [-0.25, -0.2) is 4.39 Å². The second-order valence-electron chi connectivity index (χ2n) is 8.14. The number of benzene rings is 2. The summed E-state index contributed by atoms with van der Waals surface area (Å²) in [6.45, 7) is 0. The minimum Gasteiger partial charge on any atom is -0.481 e. The van der Waals surface area contributed by atoms with E-state index in [2.05, 4.69) is 0 Å². The molecule has 4 rings (SSSR count). The number of aromatic nitrogens is 1. The van der Waals surface area contributed by atoms with Gasteiger partial charge in [0.05, 0.1) is 29.8 Å². The molecule has 7 heteroatoms. The van der Waals surface area contributed by atoms with Gasteiger partial charge in [0, 0.05) is 33.9 Å². The highest BCUT2D eigenvalue weighted by molar-refractivity contribution is 6.31. The molecule has 1 heterocycles. The summed E-state index contributed by atoms with van der Waals surface area (Å²) in [6.07, 6.45) is 2.60. The fourth-order valence-electron chi connectivity index (χ4n) is 3.88. The Balaban J connectivity index is 1.82. The van der Waals surface area contributed by atoms with Crippen molar-refractivity contribution in [2.45, 2.75) is 43.8 Å². The van der Waals surface area contributed by atoms with Gasteiger partial charge in [0.25, 0.3) is 0 Å². The van der Waals surface area contributed by atoms with Crippen molar-refractivity contribution in [3.63, 3.8) is 0 Å². The van der Waals surface area contributed by atoms with E-state index in [0.717, 1.165) is 46.1 Å². The Labute approximate surface area is 189 Å². The lowest BCUT2D eigenvalue weighted by atomic mass is 9.92. The molecule has 0 spiro atoms. The molecule has 0 aliphatic heterocycles. The van der Waals surface area contributed by atoms with Gasteiger partial charge in [-0.15, -0.1) is 0 Å². The Bertz CT molecular complexity index is 1170. The molecule has 0 bridgehead atoms. The van der Waals surface area contributed by atoms with Crippen molar-refractivity contribution in [2.24, 2.45) is 0 Å². The predicted octanol–water partition coefficient (Wildman–Crippen LogP) is 5.17. The first-order chi connectivity index (χ1) is 15.3. The van der Waals surface area contributed by atoms with Crippen molar-refractivity contribution in [1.29, 1.82) is 0 Å². The molecule has 3 N–H and O–H groups in total. The van der Waals surface area contributed by atoms with Gasteiger partial charge in [0.15, 0.2) is 0 Å². The lowest BCUT2D eigenvalue weighted by Gasteiger charge is -2.17. The van der Waals surface area contributed by atoms with Crippen molar-refractivity contribution in [3.8, 4) is 11.1 Å². The number of aliphatic hydroxyl groups is 2. The summed E-state index contributed by atoms with van der Waals surface area (Å²) in [4.78, 5) is 15.6. The topological polar surface area (TPSA) is 90.7 Å². The number of nitrogens with zero attached hydrogens (tertiary/aromatic N) is 1. The Morgan fingerprint density at radius 2 is 1.91 bits per heavy atom. The number of pyridine rings is 1. The van der Waals surface area contributed by atoms with E-state index in [1.54, 1.807) is 24.3 Å². The van der Waals surface area contributed by atoms with E-state index in [1.165, 1.54) is 18.2 Å². The van der Waals surface area contributed by atoms with Crippen molar-refractivity contribution < 1.29 is 24.5 Å². The third-order valence-electron chi connectivity index (χ3n) is 5.52. The second-order valence-corrected chi connectivity index (χ2v) is 8.58. The molecule has 32 heavy (non-hydrogen) atoms. The number of halogens is 2. The molecule has 5 nitrogen and oxygen atoms in total. The molecule has 2 aromatic carbocycles. The molecular weight excluding hydrogens is 433 g/mol. The third-order valence-corrected chi connectivity index (χ3v) is 5.76. The van der Waals surface area contributed by atoms with E-state index in [0.29, 0.717) is 10.9 Å². The fraction of sp³-hybridized carbons (Fsp3) is 0.280. The van der Waals surface area contributed by atoms with Gasteiger partial charge in [-0.3, -0.25) is 9.78 Å². The number of hydrogen-bond acceptors (Lipinski definition) is 4. The highest BCUT2D eigenvalue weighted by Gasteiger charge is 2.29.